The van der Waals surface area contributed by atoms with Crippen molar-refractivity contribution in [3.05, 3.63) is 60.6 Å². The molecule has 1 aromatic carbocycles. The van der Waals surface area contributed by atoms with Crippen molar-refractivity contribution in [2.75, 3.05) is 0 Å². The van der Waals surface area contributed by atoms with E-state index in [4.69, 9.17) is 4.74 Å². The standard InChI is InChI=1S/C14H11F3NO/c1-2-10-6-8-11(9-7-10)19-13-5-3-4-12(18-13)14(15,16)17/h3-9H,1-2H2. The van der Waals surface area contributed by atoms with Gasteiger partial charge in [0.1, 0.15) is 11.4 Å². The van der Waals surface area contributed by atoms with E-state index in [1.807, 2.05) is 0 Å². The van der Waals surface area contributed by atoms with Crippen LogP contribution in [0.15, 0.2) is 42.5 Å². The Labute approximate surface area is 108 Å². The van der Waals surface area contributed by atoms with Gasteiger partial charge in [-0.25, -0.2) is 4.98 Å². The summed E-state index contributed by atoms with van der Waals surface area (Å²) >= 11 is 0. The Morgan fingerprint density at radius 3 is 2.32 bits per heavy atom. The molecule has 2 nitrogen and oxygen atoms in total. The molecule has 99 valence electrons. The lowest BCUT2D eigenvalue weighted by Gasteiger charge is -2.09. The van der Waals surface area contributed by atoms with Gasteiger partial charge in [-0.05, 0) is 37.1 Å². The van der Waals surface area contributed by atoms with Crippen LogP contribution in [0, 0.1) is 6.92 Å². The van der Waals surface area contributed by atoms with Gasteiger partial charge in [-0.1, -0.05) is 18.2 Å². The molecular weight excluding hydrogens is 255 g/mol. The zero-order chi connectivity index (χ0) is 13.9. The second kappa shape index (κ2) is 5.30. The Bertz CT molecular complexity index is 549. The van der Waals surface area contributed by atoms with Gasteiger partial charge in [-0.15, -0.1) is 0 Å². The van der Waals surface area contributed by atoms with Gasteiger partial charge in [0.15, 0.2) is 0 Å². The van der Waals surface area contributed by atoms with Gasteiger partial charge in [0, 0.05) is 6.07 Å². The summed E-state index contributed by atoms with van der Waals surface area (Å²) in [5, 5.41) is 0. The Balaban J connectivity index is 2.18. The van der Waals surface area contributed by atoms with Crippen LogP contribution in [0.5, 0.6) is 11.6 Å². The van der Waals surface area contributed by atoms with Gasteiger partial charge in [0.05, 0.1) is 0 Å². The predicted octanol–water partition coefficient (Wildman–Crippen LogP) is 4.27. The fraction of sp³-hybridized carbons (Fsp3) is 0.143. The molecule has 0 amide bonds. The van der Waals surface area contributed by atoms with Gasteiger partial charge in [0.25, 0.3) is 0 Å². The minimum atomic E-state index is -4.48. The molecule has 0 saturated carbocycles. The van der Waals surface area contributed by atoms with E-state index in [1.54, 1.807) is 24.3 Å². The van der Waals surface area contributed by atoms with Crippen LogP contribution in [0.25, 0.3) is 0 Å². The average molecular weight is 266 g/mol. The number of aromatic nitrogens is 1. The second-order valence-electron chi connectivity index (χ2n) is 3.85. The first-order valence-corrected chi connectivity index (χ1v) is 5.59. The molecule has 2 aromatic rings. The zero-order valence-corrected chi connectivity index (χ0v) is 9.95. The first kappa shape index (κ1) is 13.4. The van der Waals surface area contributed by atoms with Crippen LogP contribution in [-0.4, -0.2) is 4.98 Å². The van der Waals surface area contributed by atoms with Crippen LogP contribution in [0.2, 0.25) is 0 Å². The molecule has 1 heterocycles. The van der Waals surface area contributed by atoms with Crippen LogP contribution < -0.4 is 4.74 Å². The molecule has 0 fully saturated rings. The Kier molecular flexibility index (Phi) is 3.74. The lowest BCUT2D eigenvalue weighted by Crippen LogP contribution is -2.07. The maximum Gasteiger partial charge on any atom is 0.433 e. The highest BCUT2D eigenvalue weighted by Crippen LogP contribution is 2.29. The van der Waals surface area contributed by atoms with Crippen molar-refractivity contribution in [3.8, 4) is 11.6 Å². The van der Waals surface area contributed by atoms with Crippen LogP contribution in [0.4, 0.5) is 13.2 Å². The Morgan fingerprint density at radius 2 is 1.74 bits per heavy atom. The largest absolute Gasteiger partial charge is 0.439 e. The average Bonchev–Trinajstić information content (AvgIpc) is 2.39. The fourth-order valence-corrected chi connectivity index (χ4v) is 1.47. The van der Waals surface area contributed by atoms with E-state index < -0.39 is 11.9 Å². The maximum atomic E-state index is 12.5. The minimum Gasteiger partial charge on any atom is -0.439 e. The summed E-state index contributed by atoms with van der Waals surface area (Å²) in [6, 6.07) is 10.5. The molecule has 0 saturated heterocycles. The van der Waals surface area contributed by atoms with E-state index in [2.05, 4.69) is 11.9 Å². The van der Waals surface area contributed by atoms with Crippen LogP contribution in [0.1, 0.15) is 11.3 Å². The van der Waals surface area contributed by atoms with Crippen molar-refractivity contribution in [3.63, 3.8) is 0 Å². The quantitative estimate of drug-likeness (QED) is 0.827. The molecule has 1 aromatic heterocycles. The number of ether oxygens (including phenoxy) is 1. The normalized spacial score (nSPS) is 11.4. The van der Waals surface area contributed by atoms with Crippen LogP contribution in [0.3, 0.4) is 0 Å². The molecule has 1 radical (unpaired) electrons. The third-order valence-corrected chi connectivity index (χ3v) is 2.45. The van der Waals surface area contributed by atoms with Crippen LogP contribution in [-0.2, 0) is 12.6 Å². The third kappa shape index (κ3) is 3.47. The topological polar surface area (TPSA) is 22.1 Å². The van der Waals surface area contributed by atoms with E-state index in [0.717, 1.165) is 11.6 Å². The number of nitrogens with zero attached hydrogens (tertiary/aromatic N) is 1. The van der Waals surface area contributed by atoms with E-state index in [0.29, 0.717) is 12.2 Å². The monoisotopic (exact) mass is 266 g/mol. The Morgan fingerprint density at radius 1 is 1.05 bits per heavy atom. The molecule has 0 N–H and O–H groups in total. The van der Waals surface area contributed by atoms with Gasteiger partial charge < -0.3 is 4.74 Å². The van der Waals surface area contributed by atoms with Crippen molar-refractivity contribution in [1.29, 1.82) is 0 Å². The van der Waals surface area contributed by atoms with E-state index in [9.17, 15) is 13.2 Å². The molecule has 0 aliphatic carbocycles. The molecule has 5 heteroatoms. The highest BCUT2D eigenvalue weighted by atomic mass is 19.4. The highest BCUT2D eigenvalue weighted by Gasteiger charge is 2.32. The molecular formula is C14H11F3NO. The third-order valence-electron chi connectivity index (χ3n) is 2.45. The minimum absolute atomic E-state index is 0.0859. The van der Waals surface area contributed by atoms with Gasteiger partial charge in [0.2, 0.25) is 5.88 Å². The van der Waals surface area contributed by atoms with Crippen LogP contribution >= 0.6 is 0 Å². The first-order valence-electron chi connectivity index (χ1n) is 5.59. The summed E-state index contributed by atoms with van der Waals surface area (Å²) in [5.74, 6) is 0.348. The first-order chi connectivity index (χ1) is 8.99. The van der Waals surface area contributed by atoms with Crippen molar-refractivity contribution < 1.29 is 17.9 Å². The van der Waals surface area contributed by atoms with Crippen molar-refractivity contribution in [1.82, 2.24) is 4.98 Å². The molecule has 0 unspecified atom stereocenters. The summed E-state index contributed by atoms with van der Waals surface area (Å²) in [5.41, 5.74) is 0.0451. The molecule has 0 atom stereocenters. The van der Waals surface area contributed by atoms with E-state index in [-0.39, 0.29) is 5.88 Å². The summed E-state index contributed by atoms with van der Waals surface area (Å²) in [4.78, 5) is 3.42. The molecule has 0 bridgehead atoms. The second-order valence-corrected chi connectivity index (χ2v) is 3.85. The number of pyridine rings is 1. The summed E-state index contributed by atoms with van der Waals surface area (Å²) in [6.07, 6.45) is -3.83. The Hall–Kier alpha value is -2.04. The maximum absolute atomic E-state index is 12.5. The highest BCUT2D eigenvalue weighted by molar-refractivity contribution is 5.31. The molecule has 0 spiro atoms. The summed E-state index contributed by atoms with van der Waals surface area (Å²) in [6.45, 7) is 3.73. The van der Waals surface area contributed by atoms with Gasteiger partial charge in [-0.2, -0.15) is 13.2 Å². The molecule has 0 aliphatic rings. The molecule has 19 heavy (non-hydrogen) atoms. The summed E-state index contributed by atoms with van der Waals surface area (Å²) in [7, 11) is 0. The number of hydrogen-bond acceptors (Lipinski definition) is 2. The number of benzene rings is 1. The lowest BCUT2D eigenvalue weighted by molar-refractivity contribution is -0.141. The number of alkyl halides is 3. The zero-order valence-electron chi connectivity index (χ0n) is 9.95. The molecule has 0 aliphatic heterocycles. The number of rotatable bonds is 3. The van der Waals surface area contributed by atoms with Crippen molar-refractivity contribution >= 4 is 0 Å². The molecule has 2 rings (SSSR count). The van der Waals surface area contributed by atoms with E-state index in [1.165, 1.54) is 12.1 Å². The van der Waals surface area contributed by atoms with Crippen molar-refractivity contribution in [2.24, 2.45) is 0 Å². The van der Waals surface area contributed by atoms with E-state index >= 15 is 0 Å². The number of hydrogen-bond donors (Lipinski definition) is 0. The fourth-order valence-electron chi connectivity index (χ4n) is 1.47. The number of halogens is 3. The smallest absolute Gasteiger partial charge is 0.433 e. The lowest BCUT2D eigenvalue weighted by atomic mass is 10.2. The predicted molar refractivity (Wildman–Crippen MR) is 64.8 cm³/mol. The van der Waals surface area contributed by atoms with Gasteiger partial charge >= 0.3 is 6.18 Å². The van der Waals surface area contributed by atoms with Gasteiger partial charge in [-0.3, -0.25) is 0 Å². The SMILES string of the molecule is [CH2]Cc1ccc(Oc2cccc(C(F)(F)F)n2)cc1. The van der Waals surface area contributed by atoms with Crippen molar-refractivity contribution in [2.45, 2.75) is 12.6 Å². The summed E-state index contributed by atoms with van der Waals surface area (Å²) < 4.78 is 42.7.